The zero-order valence-electron chi connectivity index (χ0n) is 13.0. The van der Waals surface area contributed by atoms with Gasteiger partial charge in [0.25, 0.3) is 5.69 Å². The van der Waals surface area contributed by atoms with Crippen LogP contribution in [0.4, 0.5) is 15.8 Å². The molecule has 1 saturated heterocycles. The number of halogens is 1. The summed E-state index contributed by atoms with van der Waals surface area (Å²) in [6.07, 6.45) is 0. The molecule has 0 unspecified atom stereocenters. The smallest absolute Gasteiger partial charge is 0.272 e. The molecular formula is C15H20FN3O3. The van der Waals surface area contributed by atoms with Crippen molar-refractivity contribution in [3.8, 4) is 0 Å². The van der Waals surface area contributed by atoms with Crippen LogP contribution in [-0.2, 0) is 4.79 Å². The minimum absolute atomic E-state index is 0.0799. The Labute approximate surface area is 128 Å². The van der Waals surface area contributed by atoms with E-state index in [-0.39, 0.29) is 11.6 Å². The molecule has 6 nitrogen and oxygen atoms in total. The van der Waals surface area contributed by atoms with Gasteiger partial charge in [0.05, 0.1) is 16.7 Å². The third-order valence-electron chi connectivity index (χ3n) is 3.69. The molecule has 1 heterocycles. The number of carbonyl (C=O) groups excluding carboxylic acids is 1. The average molecular weight is 309 g/mol. The van der Waals surface area contributed by atoms with Gasteiger partial charge in [-0.05, 0) is 6.07 Å². The Hall–Kier alpha value is -2.18. The Morgan fingerprint density at radius 2 is 1.82 bits per heavy atom. The van der Waals surface area contributed by atoms with Crippen LogP contribution < -0.4 is 4.90 Å². The zero-order valence-corrected chi connectivity index (χ0v) is 13.0. The van der Waals surface area contributed by atoms with Crippen molar-refractivity contribution in [3.63, 3.8) is 0 Å². The average Bonchev–Trinajstić information content (AvgIpc) is 2.45. The Morgan fingerprint density at radius 1 is 1.23 bits per heavy atom. The van der Waals surface area contributed by atoms with Gasteiger partial charge in [-0.2, -0.15) is 0 Å². The number of carbonyl (C=O) groups is 1. The number of anilines is 1. The lowest BCUT2D eigenvalue weighted by molar-refractivity contribution is -0.385. The second-order valence-electron chi connectivity index (χ2n) is 6.42. The zero-order chi connectivity index (χ0) is 16.5. The first-order valence-electron chi connectivity index (χ1n) is 7.18. The van der Waals surface area contributed by atoms with Crippen molar-refractivity contribution >= 4 is 17.3 Å². The van der Waals surface area contributed by atoms with Crippen molar-refractivity contribution in [2.24, 2.45) is 5.41 Å². The van der Waals surface area contributed by atoms with Crippen molar-refractivity contribution in [3.05, 3.63) is 34.1 Å². The summed E-state index contributed by atoms with van der Waals surface area (Å²) >= 11 is 0. The van der Waals surface area contributed by atoms with Crippen LogP contribution in [0.3, 0.4) is 0 Å². The van der Waals surface area contributed by atoms with Gasteiger partial charge in [0.15, 0.2) is 5.82 Å². The maximum absolute atomic E-state index is 14.0. The number of piperazine rings is 1. The summed E-state index contributed by atoms with van der Waals surface area (Å²) in [7, 11) is 0. The van der Waals surface area contributed by atoms with Crippen LogP contribution in [0.1, 0.15) is 20.8 Å². The van der Waals surface area contributed by atoms with E-state index in [9.17, 15) is 19.3 Å². The fourth-order valence-corrected chi connectivity index (χ4v) is 2.49. The first-order chi connectivity index (χ1) is 10.2. The predicted octanol–water partition coefficient (Wildman–Crippen LogP) is 2.43. The molecule has 0 radical (unpaired) electrons. The van der Waals surface area contributed by atoms with Crippen LogP contribution >= 0.6 is 0 Å². The van der Waals surface area contributed by atoms with E-state index in [1.165, 1.54) is 12.1 Å². The van der Waals surface area contributed by atoms with Gasteiger partial charge in [-0.1, -0.05) is 20.8 Å². The van der Waals surface area contributed by atoms with Gasteiger partial charge in [-0.15, -0.1) is 0 Å². The second kappa shape index (κ2) is 5.90. The van der Waals surface area contributed by atoms with Crippen LogP contribution in [0.25, 0.3) is 0 Å². The molecule has 120 valence electrons. The summed E-state index contributed by atoms with van der Waals surface area (Å²) in [5.41, 5.74) is -0.350. The highest BCUT2D eigenvalue weighted by Crippen LogP contribution is 2.26. The van der Waals surface area contributed by atoms with E-state index in [1.54, 1.807) is 4.90 Å². The van der Waals surface area contributed by atoms with E-state index in [4.69, 9.17) is 0 Å². The van der Waals surface area contributed by atoms with E-state index >= 15 is 0 Å². The molecule has 0 aliphatic carbocycles. The summed E-state index contributed by atoms with van der Waals surface area (Å²) in [5, 5.41) is 10.6. The normalized spacial score (nSPS) is 15.8. The van der Waals surface area contributed by atoms with Crippen LogP contribution in [0, 0.1) is 21.3 Å². The van der Waals surface area contributed by atoms with E-state index in [0.717, 1.165) is 6.07 Å². The lowest BCUT2D eigenvalue weighted by atomic mass is 9.94. The van der Waals surface area contributed by atoms with Crippen LogP contribution in [-0.4, -0.2) is 41.9 Å². The van der Waals surface area contributed by atoms with E-state index in [0.29, 0.717) is 31.9 Å². The van der Waals surface area contributed by atoms with Crippen molar-refractivity contribution in [2.75, 3.05) is 31.1 Å². The molecule has 1 amide bonds. The fraction of sp³-hybridized carbons (Fsp3) is 0.533. The third-order valence-corrected chi connectivity index (χ3v) is 3.69. The molecule has 1 aromatic rings. The van der Waals surface area contributed by atoms with Gasteiger partial charge in [0.1, 0.15) is 0 Å². The number of hydrogen-bond donors (Lipinski definition) is 0. The second-order valence-corrected chi connectivity index (χ2v) is 6.42. The van der Waals surface area contributed by atoms with Gasteiger partial charge in [-0.3, -0.25) is 14.9 Å². The molecule has 2 rings (SSSR count). The Kier molecular flexibility index (Phi) is 4.35. The minimum Gasteiger partial charge on any atom is -0.366 e. The first kappa shape index (κ1) is 16.2. The van der Waals surface area contributed by atoms with Crippen molar-refractivity contribution in [1.29, 1.82) is 0 Å². The molecule has 0 atom stereocenters. The van der Waals surface area contributed by atoms with Gasteiger partial charge in [0, 0.05) is 37.7 Å². The Balaban J connectivity index is 2.06. The highest BCUT2D eigenvalue weighted by atomic mass is 19.1. The molecule has 0 spiro atoms. The summed E-state index contributed by atoms with van der Waals surface area (Å²) in [5.74, 6) is -0.527. The maximum Gasteiger partial charge on any atom is 0.272 e. The molecule has 7 heteroatoms. The number of nitro groups is 1. The lowest BCUT2D eigenvalue weighted by Gasteiger charge is -2.38. The maximum atomic E-state index is 14.0. The first-order valence-corrected chi connectivity index (χ1v) is 7.18. The summed E-state index contributed by atoms with van der Waals surface area (Å²) < 4.78 is 14.0. The quantitative estimate of drug-likeness (QED) is 0.621. The van der Waals surface area contributed by atoms with Crippen LogP contribution in [0.15, 0.2) is 18.2 Å². The summed E-state index contributed by atoms with van der Waals surface area (Å²) in [6, 6.07) is 3.65. The third kappa shape index (κ3) is 3.35. The largest absolute Gasteiger partial charge is 0.366 e. The highest BCUT2D eigenvalue weighted by Gasteiger charge is 2.30. The molecule has 1 aromatic carbocycles. The number of nitrogens with zero attached hydrogens (tertiary/aromatic N) is 3. The van der Waals surface area contributed by atoms with Crippen molar-refractivity contribution in [1.82, 2.24) is 4.90 Å². The standard InChI is InChI=1S/C15H20FN3O3/c1-15(2,3)14(20)18-8-6-17(7-9-18)13-5-4-11(19(21)22)10-12(13)16/h4-5,10H,6-9H2,1-3H3. The number of non-ortho nitro benzene ring substituents is 1. The van der Waals surface area contributed by atoms with Crippen LogP contribution in [0.5, 0.6) is 0 Å². The number of rotatable bonds is 2. The molecular weight excluding hydrogens is 289 g/mol. The topological polar surface area (TPSA) is 66.7 Å². The van der Waals surface area contributed by atoms with E-state index in [2.05, 4.69) is 0 Å². The molecule has 0 saturated carbocycles. The van der Waals surface area contributed by atoms with Gasteiger partial charge in [-0.25, -0.2) is 4.39 Å². The monoisotopic (exact) mass is 309 g/mol. The molecule has 22 heavy (non-hydrogen) atoms. The van der Waals surface area contributed by atoms with Gasteiger partial charge >= 0.3 is 0 Å². The minimum atomic E-state index is -0.618. The molecule has 0 aromatic heterocycles. The molecule has 0 N–H and O–H groups in total. The van der Waals surface area contributed by atoms with Gasteiger partial charge < -0.3 is 9.80 Å². The fourth-order valence-electron chi connectivity index (χ4n) is 2.49. The van der Waals surface area contributed by atoms with Gasteiger partial charge in [0.2, 0.25) is 5.91 Å². The number of benzene rings is 1. The predicted molar refractivity (Wildman–Crippen MR) is 81.3 cm³/mol. The highest BCUT2D eigenvalue weighted by molar-refractivity contribution is 5.81. The van der Waals surface area contributed by atoms with Crippen molar-refractivity contribution in [2.45, 2.75) is 20.8 Å². The molecule has 1 aliphatic heterocycles. The number of nitro benzene ring substituents is 1. The number of amides is 1. The molecule has 0 bridgehead atoms. The number of hydrogen-bond acceptors (Lipinski definition) is 4. The Morgan fingerprint density at radius 3 is 2.27 bits per heavy atom. The molecule has 1 fully saturated rings. The summed E-state index contributed by atoms with van der Waals surface area (Å²) in [6.45, 7) is 7.68. The van der Waals surface area contributed by atoms with E-state index in [1.807, 2.05) is 25.7 Å². The summed E-state index contributed by atoms with van der Waals surface area (Å²) in [4.78, 5) is 25.8. The van der Waals surface area contributed by atoms with Crippen molar-refractivity contribution < 1.29 is 14.1 Å². The SMILES string of the molecule is CC(C)(C)C(=O)N1CCN(c2ccc([N+](=O)[O-])cc2F)CC1. The Bertz CT molecular complexity index is 590. The lowest BCUT2D eigenvalue weighted by Crippen LogP contribution is -2.51. The van der Waals surface area contributed by atoms with Crippen LogP contribution in [0.2, 0.25) is 0 Å². The van der Waals surface area contributed by atoms with E-state index < -0.39 is 16.2 Å². The molecule has 1 aliphatic rings.